The maximum absolute atomic E-state index is 11.9. The summed E-state index contributed by atoms with van der Waals surface area (Å²) in [5.41, 5.74) is 0.386. The third-order valence-electron chi connectivity index (χ3n) is 5.03. The molecule has 0 radical (unpaired) electrons. The highest BCUT2D eigenvalue weighted by molar-refractivity contribution is 5.87. The van der Waals surface area contributed by atoms with Crippen LogP contribution in [0.4, 0.5) is 0 Å². The molecule has 4 aliphatic rings. The van der Waals surface area contributed by atoms with Crippen molar-refractivity contribution >= 4 is 11.9 Å². The predicted molar refractivity (Wildman–Crippen MR) is 69.6 cm³/mol. The van der Waals surface area contributed by atoms with Crippen LogP contribution in [-0.2, 0) is 23.8 Å². The Hall–Kier alpha value is -1.36. The molecule has 0 aromatic rings. The summed E-state index contributed by atoms with van der Waals surface area (Å²) >= 11 is 0. The summed E-state index contributed by atoms with van der Waals surface area (Å²) in [5.74, 6) is -0.186. The van der Waals surface area contributed by atoms with Crippen LogP contribution in [0.5, 0.6) is 0 Å². The number of carbonyl (C=O) groups is 2. The minimum absolute atomic E-state index is 0.0847. The molecule has 1 aliphatic heterocycles. The smallest absolute Gasteiger partial charge is 0.333 e. The molecule has 6 unspecified atom stereocenters. The van der Waals surface area contributed by atoms with E-state index >= 15 is 0 Å². The van der Waals surface area contributed by atoms with Crippen LogP contribution in [0.3, 0.4) is 0 Å². The Labute approximate surface area is 118 Å². The highest BCUT2D eigenvalue weighted by atomic mass is 16.6. The van der Waals surface area contributed by atoms with Gasteiger partial charge in [-0.1, -0.05) is 6.58 Å². The molecule has 3 aliphatic carbocycles. The van der Waals surface area contributed by atoms with E-state index in [1.54, 1.807) is 14.0 Å². The summed E-state index contributed by atoms with van der Waals surface area (Å²) in [5, 5.41) is 0. The molecule has 3 saturated carbocycles. The molecule has 0 aromatic heterocycles. The lowest BCUT2D eigenvalue weighted by Gasteiger charge is -2.51. The van der Waals surface area contributed by atoms with Gasteiger partial charge in [0.15, 0.2) is 0 Å². The molecule has 20 heavy (non-hydrogen) atoms. The number of rotatable bonds is 3. The van der Waals surface area contributed by atoms with Crippen molar-refractivity contribution in [2.24, 2.45) is 23.7 Å². The van der Waals surface area contributed by atoms with Crippen LogP contribution >= 0.6 is 0 Å². The number of fused-ring (bicyclic) bond motifs is 2. The van der Waals surface area contributed by atoms with E-state index in [4.69, 9.17) is 14.2 Å². The molecule has 2 bridgehead atoms. The monoisotopic (exact) mass is 280 g/mol. The first-order chi connectivity index (χ1) is 9.54. The second kappa shape index (κ2) is 4.88. The van der Waals surface area contributed by atoms with Gasteiger partial charge >= 0.3 is 11.9 Å². The molecular weight excluding hydrogens is 260 g/mol. The summed E-state index contributed by atoms with van der Waals surface area (Å²) in [4.78, 5) is 23.7. The highest BCUT2D eigenvalue weighted by Gasteiger charge is 2.61. The number of cyclic esters (lactones) is 1. The van der Waals surface area contributed by atoms with E-state index in [-0.39, 0.29) is 47.8 Å². The second-order valence-electron chi connectivity index (χ2n) is 6.08. The molecule has 5 nitrogen and oxygen atoms in total. The fraction of sp³-hybridized carbons (Fsp3) is 0.733. The van der Waals surface area contributed by atoms with Gasteiger partial charge in [0.05, 0.1) is 18.6 Å². The van der Waals surface area contributed by atoms with Crippen LogP contribution < -0.4 is 0 Å². The minimum Gasteiger partial charge on any atom is -0.465 e. The van der Waals surface area contributed by atoms with E-state index in [0.717, 1.165) is 12.8 Å². The zero-order valence-electron chi connectivity index (χ0n) is 11.8. The highest BCUT2D eigenvalue weighted by Crippen LogP contribution is 2.53. The zero-order chi connectivity index (χ0) is 14.4. The van der Waals surface area contributed by atoms with Gasteiger partial charge in [0.2, 0.25) is 0 Å². The number of esters is 2. The number of ether oxygens (including phenoxy) is 3. The number of methoxy groups -OCH3 is 1. The van der Waals surface area contributed by atoms with Gasteiger partial charge in [-0.3, -0.25) is 4.79 Å². The van der Waals surface area contributed by atoms with Crippen molar-refractivity contribution < 1.29 is 23.8 Å². The van der Waals surface area contributed by atoms with E-state index in [1.807, 2.05) is 0 Å². The van der Waals surface area contributed by atoms with Gasteiger partial charge in [-0.2, -0.15) is 0 Å². The van der Waals surface area contributed by atoms with E-state index < -0.39 is 0 Å². The number of hydrogen-bond donors (Lipinski definition) is 0. The Morgan fingerprint density at radius 3 is 2.60 bits per heavy atom. The summed E-state index contributed by atoms with van der Waals surface area (Å²) < 4.78 is 16.4. The quantitative estimate of drug-likeness (QED) is 0.576. The number of carbonyl (C=O) groups excluding carboxylic acids is 2. The van der Waals surface area contributed by atoms with Gasteiger partial charge in [0.1, 0.15) is 6.10 Å². The molecule has 0 aromatic carbocycles. The lowest BCUT2D eigenvalue weighted by atomic mass is 9.57. The average Bonchev–Trinajstić information content (AvgIpc) is 2.83. The topological polar surface area (TPSA) is 61.8 Å². The maximum atomic E-state index is 11.9. The lowest BCUT2D eigenvalue weighted by Crippen LogP contribution is -2.59. The van der Waals surface area contributed by atoms with Gasteiger partial charge in [-0.15, -0.1) is 0 Å². The van der Waals surface area contributed by atoms with Crippen LogP contribution in [0.2, 0.25) is 0 Å². The van der Waals surface area contributed by atoms with E-state index in [9.17, 15) is 9.59 Å². The van der Waals surface area contributed by atoms with Crippen molar-refractivity contribution in [1.82, 2.24) is 0 Å². The Balaban J connectivity index is 1.86. The Morgan fingerprint density at radius 2 is 1.95 bits per heavy atom. The van der Waals surface area contributed by atoms with Gasteiger partial charge in [0.25, 0.3) is 0 Å². The Morgan fingerprint density at radius 1 is 1.25 bits per heavy atom. The molecule has 110 valence electrons. The molecule has 0 N–H and O–H groups in total. The van der Waals surface area contributed by atoms with E-state index in [0.29, 0.717) is 12.2 Å². The van der Waals surface area contributed by atoms with Gasteiger partial charge in [-0.25, -0.2) is 4.79 Å². The minimum atomic E-state index is -0.383. The summed E-state index contributed by atoms with van der Waals surface area (Å²) in [6.45, 7) is 5.70. The fourth-order valence-corrected chi connectivity index (χ4v) is 4.17. The summed E-state index contributed by atoms with van der Waals surface area (Å²) in [6.07, 6.45) is 1.37. The zero-order valence-corrected chi connectivity index (χ0v) is 11.8. The Bertz CT molecular complexity index is 457. The van der Waals surface area contributed by atoms with Crippen LogP contribution in [0.15, 0.2) is 12.2 Å². The fourth-order valence-electron chi connectivity index (χ4n) is 4.17. The van der Waals surface area contributed by atoms with Crippen LogP contribution in [0.25, 0.3) is 0 Å². The van der Waals surface area contributed by atoms with E-state index in [2.05, 4.69) is 6.58 Å². The van der Waals surface area contributed by atoms with E-state index in [1.165, 1.54) is 0 Å². The largest absolute Gasteiger partial charge is 0.465 e. The molecule has 6 atom stereocenters. The molecule has 1 saturated heterocycles. The van der Waals surface area contributed by atoms with Crippen molar-refractivity contribution in [2.75, 3.05) is 13.7 Å². The molecule has 4 rings (SSSR count). The predicted octanol–water partition coefficient (Wildman–Crippen LogP) is 1.32. The van der Waals surface area contributed by atoms with Crippen molar-refractivity contribution in [3.63, 3.8) is 0 Å². The normalized spacial score (nSPS) is 42.0. The SMILES string of the molecule is C=C(C)C(=O)OC1C2CCC(C1OC)C1C(=O)OCC21. The molecule has 0 spiro atoms. The third-order valence-corrected chi connectivity index (χ3v) is 5.03. The lowest BCUT2D eigenvalue weighted by molar-refractivity contribution is -0.193. The molecule has 1 heterocycles. The van der Waals surface area contributed by atoms with Crippen molar-refractivity contribution in [3.05, 3.63) is 12.2 Å². The molecule has 5 heteroatoms. The second-order valence-corrected chi connectivity index (χ2v) is 6.08. The summed E-state index contributed by atoms with van der Waals surface area (Å²) in [7, 11) is 1.61. The van der Waals surface area contributed by atoms with Gasteiger partial charge in [-0.05, 0) is 19.8 Å². The average molecular weight is 280 g/mol. The van der Waals surface area contributed by atoms with Gasteiger partial charge < -0.3 is 14.2 Å². The van der Waals surface area contributed by atoms with Crippen molar-refractivity contribution in [2.45, 2.75) is 32.0 Å². The first-order valence-electron chi connectivity index (χ1n) is 7.10. The standard InChI is InChI=1S/C15H20O5/c1-7(2)14(16)20-13-8-4-5-9(12(13)18-3)11-10(8)6-19-15(11)17/h8-13H,1,4-6H2,2-3H3. The summed E-state index contributed by atoms with van der Waals surface area (Å²) in [6, 6.07) is 0. The first-order valence-corrected chi connectivity index (χ1v) is 7.10. The van der Waals surface area contributed by atoms with Crippen molar-refractivity contribution in [1.29, 1.82) is 0 Å². The number of hydrogen-bond acceptors (Lipinski definition) is 5. The Kier molecular flexibility index (Phi) is 3.32. The molecular formula is C15H20O5. The third kappa shape index (κ3) is 1.87. The molecule has 4 fully saturated rings. The van der Waals surface area contributed by atoms with Crippen LogP contribution in [0.1, 0.15) is 19.8 Å². The molecule has 0 amide bonds. The first kappa shape index (κ1) is 13.6. The van der Waals surface area contributed by atoms with Gasteiger partial charge in [0, 0.05) is 30.4 Å². The van der Waals surface area contributed by atoms with Crippen LogP contribution in [0, 0.1) is 23.7 Å². The maximum Gasteiger partial charge on any atom is 0.333 e. The van der Waals surface area contributed by atoms with Crippen LogP contribution in [-0.4, -0.2) is 37.9 Å². The van der Waals surface area contributed by atoms with Crippen molar-refractivity contribution in [3.8, 4) is 0 Å².